The highest BCUT2D eigenvalue weighted by Crippen LogP contribution is 2.19. The van der Waals surface area contributed by atoms with Crippen molar-refractivity contribution in [1.82, 2.24) is 15.5 Å². The van der Waals surface area contributed by atoms with Crippen LogP contribution < -0.4 is 10.6 Å². The van der Waals surface area contributed by atoms with E-state index >= 15 is 0 Å². The zero-order chi connectivity index (χ0) is 17.4. The van der Waals surface area contributed by atoms with Crippen molar-refractivity contribution in [3.63, 3.8) is 0 Å². The maximum absolute atomic E-state index is 12.3. The van der Waals surface area contributed by atoms with Gasteiger partial charge in [0.05, 0.1) is 0 Å². The third kappa shape index (κ3) is 6.08. The minimum absolute atomic E-state index is 0.0467. The van der Waals surface area contributed by atoms with Crippen LogP contribution in [0.4, 0.5) is 0 Å². The molecule has 2 N–H and O–H groups in total. The molecule has 1 heterocycles. The molecule has 2 rings (SSSR count). The molecule has 0 spiro atoms. The number of carbonyl (C=O) groups excluding carboxylic acids is 2. The number of nitrogens with zero attached hydrogens (tertiary/aromatic N) is 1. The van der Waals surface area contributed by atoms with Gasteiger partial charge in [0.1, 0.15) is 0 Å². The summed E-state index contributed by atoms with van der Waals surface area (Å²) >= 11 is 0. The predicted octanol–water partition coefficient (Wildman–Crippen LogP) is 2.31. The third-order valence-electron chi connectivity index (χ3n) is 5.38. The quantitative estimate of drug-likeness (QED) is 0.577. The second-order valence-corrected chi connectivity index (χ2v) is 7.69. The number of likely N-dealkylation sites (tertiary alicyclic amines) is 1. The molecule has 0 unspecified atom stereocenters. The van der Waals surface area contributed by atoms with Crippen LogP contribution in [-0.2, 0) is 9.59 Å². The van der Waals surface area contributed by atoms with Gasteiger partial charge in [0.25, 0.3) is 0 Å². The zero-order valence-corrected chi connectivity index (χ0v) is 15.5. The second kappa shape index (κ2) is 10.0. The van der Waals surface area contributed by atoms with Crippen LogP contribution in [0.25, 0.3) is 0 Å². The fourth-order valence-electron chi connectivity index (χ4n) is 3.82. The average molecular weight is 338 g/mol. The van der Waals surface area contributed by atoms with Crippen LogP contribution in [0.1, 0.15) is 65.2 Å². The van der Waals surface area contributed by atoms with E-state index in [0.717, 1.165) is 32.5 Å². The first-order chi connectivity index (χ1) is 11.6. The van der Waals surface area contributed by atoms with E-state index in [2.05, 4.69) is 10.6 Å². The molecule has 0 atom stereocenters. The first-order valence-electron chi connectivity index (χ1n) is 9.88. The van der Waals surface area contributed by atoms with Crippen molar-refractivity contribution in [2.24, 2.45) is 11.8 Å². The number of hydrogen-bond donors (Lipinski definition) is 2. The Bertz CT molecular complexity index is 395. The molecule has 0 radical (unpaired) electrons. The number of rotatable bonds is 6. The largest absolute Gasteiger partial charge is 0.355 e. The molecular formula is C19H35N3O2. The topological polar surface area (TPSA) is 61.4 Å². The maximum atomic E-state index is 12.3. The van der Waals surface area contributed by atoms with Gasteiger partial charge in [-0.15, -0.1) is 0 Å². The van der Waals surface area contributed by atoms with E-state index in [-0.39, 0.29) is 23.7 Å². The molecule has 0 aromatic rings. The summed E-state index contributed by atoms with van der Waals surface area (Å²) in [7, 11) is 0. The minimum Gasteiger partial charge on any atom is -0.355 e. The smallest absolute Gasteiger partial charge is 0.225 e. The van der Waals surface area contributed by atoms with Gasteiger partial charge in [-0.25, -0.2) is 0 Å². The molecule has 5 heteroatoms. The zero-order valence-electron chi connectivity index (χ0n) is 15.5. The first kappa shape index (κ1) is 19.2. The van der Waals surface area contributed by atoms with Gasteiger partial charge < -0.3 is 15.5 Å². The molecule has 0 aromatic heterocycles. The van der Waals surface area contributed by atoms with E-state index in [9.17, 15) is 9.59 Å². The van der Waals surface area contributed by atoms with Crippen molar-refractivity contribution in [1.29, 1.82) is 0 Å². The summed E-state index contributed by atoms with van der Waals surface area (Å²) in [5.41, 5.74) is 0. The van der Waals surface area contributed by atoms with Gasteiger partial charge in [0.2, 0.25) is 11.8 Å². The van der Waals surface area contributed by atoms with Crippen LogP contribution in [-0.4, -0.2) is 48.9 Å². The van der Waals surface area contributed by atoms with Crippen molar-refractivity contribution < 1.29 is 9.59 Å². The molecule has 0 aromatic carbocycles. The van der Waals surface area contributed by atoms with Crippen LogP contribution in [0.3, 0.4) is 0 Å². The highest BCUT2D eigenvalue weighted by molar-refractivity contribution is 5.80. The predicted molar refractivity (Wildman–Crippen MR) is 96.6 cm³/mol. The van der Waals surface area contributed by atoms with E-state index in [1.54, 1.807) is 0 Å². The summed E-state index contributed by atoms with van der Waals surface area (Å²) in [6, 6.07) is 0.634. The number of carbonyl (C=O) groups is 2. The summed E-state index contributed by atoms with van der Waals surface area (Å²) < 4.78 is 0. The van der Waals surface area contributed by atoms with Crippen LogP contribution in [0, 0.1) is 11.8 Å². The summed E-state index contributed by atoms with van der Waals surface area (Å²) in [6.07, 6.45) is 9.53. The van der Waals surface area contributed by atoms with Gasteiger partial charge in [-0.1, -0.05) is 39.5 Å². The molecule has 2 amide bonds. The average Bonchev–Trinajstić information content (AvgIpc) is 2.86. The van der Waals surface area contributed by atoms with E-state index in [1.807, 2.05) is 18.7 Å². The van der Waals surface area contributed by atoms with Gasteiger partial charge in [-0.2, -0.15) is 0 Å². The van der Waals surface area contributed by atoms with Crippen molar-refractivity contribution in [2.45, 2.75) is 71.3 Å². The fraction of sp³-hybridized carbons (Fsp3) is 0.895. The Kier molecular flexibility index (Phi) is 8.03. The Morgan fingerprint density at radius 3 is 2.17 bits per heavy atom. The lowest BCUT2D eigenvalue weighted by Crippen LogP contribution is -2.45. The summed E-state index contributed by atoms with van der Waals surface area (Å²) in [6.45, 7) is 6.87. The van der Waals surface area contributed by atoms with Crippen molar-refractivity contribution in [2.75, 3.05) is 26.2 Å². The lowest BCUT2D eigenvalue weighted by atomic mass is 9.95. The van der Waals surface area contributed by atoms with Crippen LogP contribution in [0.5, 0.6) is 0 Å². The second-order valence-electron chi connectivity index (χ2n) is 7.69. The van der Waals surface area contributed by atoms with Gasteiger partial charge in [-0.3, -0.25) is 9.59 Å². The highest BCUT2D eigenvalue weighted by atomic mass is 16.2. The molecular weight excluding hydrogens is 302 g/mol. The number of nitrogens with one attached hydrogen (secondary N) is 2. The Morgan fingerprint density at radius 2 is 1.58 bits per heavy atom. The molecule has 1 aliphatic heterocycles. The summed E-state index contributed by atoms with van der Waals surface area (Å²) in [5, 5.41) is 6.66. The van der Waals surface area contributed by atoms with E-state index in [0.29, 0.717) is 12.6 Å². The molecule has 1 saturated heterocycles. The highest BCUT2D eigenvalue weighted by Gasteiger charge is 2.27. The van der Waals surface area contributed by atoms with Gasteiger partial charge in [0.15, 0.2) is 0 Å². The molecule has 1 aliphatic carbocycles. The standard InChI is InChI=1S/C19H35N3O2/c1-15(2)19(24)22-13-9-16(10-14-22)18(23)21-12-11-20-17-7-5-3-4-6-8-17/h15-17,20H,3-14H2,1-2H3,(H,21,23). The lowest BCUT2D eigenvalue weighted by Gasteiger charge is -2.32. The van der Waals surface area contributed by atoms with Crippen molar-refractivity contribution >= 4 is 11.8 Å². The maximum Gasteiger partial charge on any atom is 0.225 e. The van der Waals surface area contributed by atoms with Gasteiger partial charge in [-0.05, 0) is 25.7 Å². The molecule has 0 bridgehead atoms. The molecule has 2 aliphatic rings. The Labute approximate surface area is 146 Å². The Hall–Kier alpha value is -1.10. The molecule has 1 saturated carbocycles. The Morgan fingerprint density at radius 1 is 0.958 bits per heavy atom. The number of amides is 2. The van der Waals surface area contributed by atoms with Crippen molar-refractivity contribution in [3.8, 4) is 0 Å². The van der Waals surface area contributed by atoms with E-state index in [4.69, 9.17) is 0 Å². The Balaban J connectivity index is 1.59. The molecule has 5 nitrogen and oxygen atoms in total. The van der Waals surface area contributed by atoms with Gasteiger partial charge >= 0.3 is 0 Å². The van der Waals surface area contributed by atoms with Gasteiger partial charge in [0, 0.05) is 44.1 Å². The molecule has 2 fully saturated rings. The lowest BCUT2D eigenvalue weighted by molar-refractivity contribution is -0.138. The third-order valence-corrected chi connectivity index (χ3v) is 5.38. The SMILES string of the molecule is CC(C)C(=O)N1CCC(C(=O)NCCNC2CCCCCC2)CC1. The van der Waals surface area contributed by atoms with Crippen LogP contribution in [0.2, 0.25) is 0 Å². The molecule has 24 heavy (non-hydrogen) atoms. The van der Waals surface area contributed by atoms with E-state index < -0.39 is 0 Å². The monoisotopic (exact) mass is 337 g/mol. The molecule has 138 valence electrons. The van der Waals surface area contributed by atoms with Crippen LogP contribution in [0.15, 0.2) is 0 Å². The number of piperidine rings is 1. The minimum atomic E-state index is 0.0467. The van der Waals surface area contributed by atoms with Crippen molar-refractivity contribution in [3.05, 3.63) is 0 Å². The summed E-state index contributed by atoms with van der Waals surface area (Å²) in [4.78, 5) is 26.2. The number of hydrogen-bond acceptors (Lipinski definition) is 3. The normalized spacial score (nSPS) is 20.9. The summed E-state index contributed by atoms with van der Waals surface area (Å²) in [5.74, 6) is 0.486. The van der Waals surface area contributed by atoms with Crippen LogP contribution >= 0.6 is 0 Å². The first-order valence-corrected chi connectivity index (χ1v) is 9.88. The van der Waals surface area contributed by atoms with E-state index in [1.165, 1.54) is 38.5 Å². The fourth-order valence-corrected chi connectivity index (χ4v) is 3.82.